The van der Waals surface area contributed by atoms with E-state index in [1.807, 2.05) is 0 Å². The Morgan fingerprint density at radius 1 is 1.30 bits per heavy atom. The van der Waals surface area contributed by atoms with Crippen LogP contribution >= 0.6 is 0 Å². The highest BCUT2D eigenvalue weighted by Crippen LogP contribution is 2.20. The van der Waals surface area contributed by atoms with Gasteiger partial charge in [0.25, 0.3) is 0 Å². The van der Waals surface area contributed by atoms with Crippen LogP contribution in [-0.2, 0) is 6.54 Å². The first kappa shape index (κ1) is 15.5. The van der Waals surface area contributed by atoms with Crippen LogP contribution in [0.25, 0.3) is 0 Å². The summed E-state index contributed by atoms with van der Waals surface area (Å²) in [5.74, 6) is 0.760. The Morgan fingerprint density at radius 3 is 2.75 bits per heavy atom. The van der Waals surface area contributed by atoms with Gasteiger partial charge in [0.05, 0.1) is 0 Å². The molecule has 2 nitrogen and oxygen atoms in total. The zero-order valence-corrected chi connectivity index (χ0v) is 13.7. The number of rotatable bonds is 4. The molecule has 0 aromatic heterocycles. The monoisotopic (exact) mass is 274 g/mol. The van der Waals surface area contributed by atoms with Crippen molar-refractivity contribution in [1.82, 2.24) is 10.2 Å². The van der Waals surface area contributed by atoms with E-state index in [0.717, 1.165) is 25.6 Å². The van der Waals surface area contributed by atoms with Crippen molar-refractivity contribution in [1.29, 1.82) is 0 Å². The summed E-state index contributed by atoms with van der Waals surface area (Å²) >= 11 is 0. The first-order chi connectivity index (χ1) is 9.45. The number of aryl methyl sites for hydroxylation is 2. The first-order valence-electron chi connectivity index (χ1n) is 7.99. The highest BCUT2D eigenvalue weighted by atomic mass is 15.2. The van der Waals surface area contributed by atoms with Crippen LogP contribution in [0.4, 0.5) is 0 Å². The largest absolute Gasteiger partial charge is 0.311 e. The van der Waals surface area contributed by atoms with Crippen LogP contribution < -0.4 is 5.32 Å². The topological polar surface area (TPSA) is 15.3 Å². The molecule has 0 saturated carbocycles. The molecule has 2 rings (SSSR count). The van der Waals surface area contributed by atoms with Crippen molar-refractivity contribution in [2.45, 2.75) is 59.7 Å². The molecule has 1 N–H and O–H groups in total. The van der Waals surface area contributed by atoms with Crippen molar-refractivity contribution in [2.24, 2.45) is 5.92 Å². The Labute approximate surface area is 124 Å². The van der Waals surface area contributed by atoms with Crippen molar-refractivity contribution >= 4 is 0 Å². The number of benzene rings is 1. The second kappa shape index (κ2) is 6.73. The van der Waals surface area contributed by atoms with Crippen LogP contribution in [0, 0.1) is 19.8 Å². The molecule has 0 radical (unpaired) electrons. The van der Waals surface area contributed by atoms with E-state index in [0.29, 0.717) is 12.1 Å². The van der Waals surface area contributed by atoms with Crippen LogP contribution in [0.5, 0.6) is 0 Å². The SMILES string of the molecule is Cc1ccc(C)c(CN2CC(C)NCC2CC(C)C)c1. The lowest BCUT2D eigenvalue weighted by molar-refractivity contribution is 0.111. The molecule has 112 valence electrons. The molecule has 0 aliphatic carbocycles. The fraction of sp³-hybridized carbons (Fsp3) is 0.667. The standard InChI is InChI=1S/C18H30N2/c1-13(2)8-18-10-19-16(5)11-20(18)12-17-9-14(3)6-7-15(17)4/h6-7,9,13,16,18-19H,8,10-12H2,1-5H3. The van der Waals surface area contributed by atoms with Crippen LogP contribution in [0.2, 0.25) is 0 Å². The molecule has 0 bridgehead atoms. The molecule has 1 saturated heterocycles. The van der Waals surface area contributed by atoms with Gasteiger partial charge in [-0.05, 0) is 44.2 Å². The van der Waals surface area contributed by atoms with Crippen LogP contribution in [0.1, 0.15) is 43.9 Å². The number of nitrogens with zero attached hydrogens (tertiary/aromatic N) is 1. The number of hydrogen-bond donors (Lipinski definition) is 1. The van der Waals surface area contributed by atoms with Gasteiger partial charge in [0, 0.05) is 31.7 Å². The summed E-state index contributed by atoms with van der Waals surface area (Å²) < 4.78 is 0. The summed E-state index contributed by atoms with van der Waals surface area (Å²) in [6.07, 6.45) is 1.28. The molecule has 1 aliphatic heterocycles. The minimum atomic E-state index is 0.600. The van der Waals surface area contributed by atoms with E-state index >= 15 is 0 Å². The molecule has 1 aliphatic rings. The van der Waals surface area contributed by atoms with Gasteiger partial charge in [0.2, 0.25) is 0 Å². The average Bonchev–Trinajstić information content (AvgIpc) is 2.37. The maximum Gasteiger partial charge on any atom is 0.0240 e. The molecule has 1 aromatic carbocycles. The Kier molecular flexibility index (Phi) is 5.22. The molecular formula is C18H30N2. The van der Waals surface area contributed by atoms with Crippen molar-refractivity contribution in [3.63, 3.8) is 0 Å². The maximum absolute atomic E-state index is 3.64. The Balaban J connectivity index is 2.12. The summed E-state index contributed by atoms with van der Waals surface area (Å²) in [4.78, 5) is 2.68. The molecule has 1 aromatic rings. The Hall–Kier alpha value is -0.860. The van der Waals surface area contributed by atoms with Gasteiger partial charge in [-0.25, -0.2) is 0 Å². The third-order valence-electron chi connectivity index (χ3n) is 4.35. The fourth-order valence-corrected chi connectivity index (χ4v) is 3.19. The zero-order chi connectivity index (χ0) is 14.7. The molecular weight excluding hydrogens is 244 g/mol. The quantitative estimate of drug-likeness (QED) is 0.904. The van der Waals surface area contributed by atoms with Gasteiger partial charge in [-0.1, -0.05) is 37.6 Å². The summed E-state index contributed by atoms with van der Waals surface area (Å²) in [5.41, 5.74) is 4.28. The van der Waals surface area contributed by atoms with Crippen molar-refractivity contribution < 1.29 is 0 Å². The molecule has 0 spiro atoms. The summed E-state index contributed by atoms with van der Waals surface area (Å²) in [5, 5.41) is 3.64. The molecule has 20 heavy (non-hydrogen) atoms. The van der Waals surface area contributed by atoms with E-state index in [2.05, 4.69) is 63.0 Å². The Bertz CT molecular complexity index is 439. The normalized spacial score (nSPS) is 24.3. The van der Waals surface area contributed by atoms with Gasteiger partial charge in [-0.2, -0.15) is 0 Å². The van der Waals surface area contributed by atoms with Crippen molar-refractivity contribution in [3.8, 4) is 0 Å². The molecule has 2 atom stereocenters. The minimum absolute atomic E-state index is 0.600. The summed E-state index contributed by atoms with van der Waals surface area (Å²) in [6.45, 7) is 14.8. The second-order valence-electron chi connectivity index (χ2n) is 6.95. The lowest BCUT2D eigenvalue weighted by Crippen LogP contribution is -2.55. The number of piperazine rings is 1. The molecule has 0 amide bonds. The van der Waals surface area contributed by atoms with E-state index in [9.17, 15) is 0 Å². The van der Waals surface area contributed by atoms with Gasteiger partial charge in [0.1, 0.15) is 0 Å². The van der Waals surface area contributed by atoms with Gasteiger partial charge in [0.15, 0.2) is 0 Å². The number of hydrogen-bond acceptors (Lipinski definition) is 2. The fourth-order valence-electron chi connectivity index (χ4n) is 3.19. The molecule has 1 heterocycles. The molecule has 2 unspecified atom stereocenters. The summed E-state index contributed by atoms with van der Waals surface area (Å²) in [7, 11) is 0. The highest BCUT2D eigenvalue weighted by molar-refractivity contribution is 5.30. The van der Waals surface area contributed by atoms with Crippen molar-refractivity contribution in [2.75, 3.05) is 13.1 Å². The van der Waals surface area contributed by atoms with E-state index in [1.54, 1.807) is 0 Å². The first-order valence-corrected chi connectivity index (χ1v) is 7.99. The van der Waals surface area contributed by atoms with Crippen molar-refractivity contribution in [3.05, 3.63) is 34.9 Å². The summed E-state index contributed by atoms with van der Waals surface area (Å²) in [6, 6.07) is 8.10. The zero-order valence-electron chi connectivity index (χ0n) is 13.7. The van der Waals surface area contributed by atoms with Gasteiger partial charge < -0.3 is 5.32 Å². The van der Waals surface area contributed by atoms with E-state index in [-0.39, 0.29) is 0 Å². The third-order valence-corrected chi connectivity index (χ3v) is 4.35. The smallest absolute Gasteiger partial charge is 0.0240 e. The lowest BCUT2D eigenvalue weighted by atomic mass is 9.97. The maximum atomic E-state index is 3.64. The van der Waals surface area contributed by atoms with Crippen LogP contribution in [0.3, 0.4) is 0 Å². The number of nitrogens with one attached hydrogen (secondary N) is 1. The van der Waals surface area contributed by atoms with E-state index in [1.165, 1.54) is 23.1 Å². The molecule has 2 heteroatoms. The predicted octanol–water partition coefficient (Wildman–Crippen LogP) is 3.51. The predicted molar refractivity (Wildman–Crippen MR) is 87.0 cm³/mol. The second-order valence-corrected chi connectivity index (χ2v) is 6.95. The molecule has 1 fully saturated rings. The van der Waals surface area contributed by atoms with Gasteiger partial charge >= 0.3 is 0 Å². The van der Waals surface area contributed by atoms with Crippen LogP contribution in [-0.4, -0.2) is 30.1 Å². The van der Waals surface area contributed by atoms with E-state index < -0.39 is 0 Å². The van der Waals surface area contributed by atoms with E-state index in [4.69, 9.17) is 0 Å². The average molecular weight is 274 g/mol. The van der Waals surface area contributed by atoms with Gasteiger partial charge in [-0.15, -0.1) is 0 Å². The van der Waals surface area contributed by atoms with Gasteiger partial charge in [-0.3, -0.25) is 4.90 Å². The highest BCUT2D eigenvalue weighted by Gasteiger charge is 2.26. The van der Waals surface area contributed by atoms with Crippen LogP contribution in [0.15, 0.2) is 18.2 Å². The third kappa shape index (κ3) is 4.07. The minimum Gasteiger partial charge on any atom is -0.311 e. The Morgan fingerprint density at radius 2 is 2.05 bits per heavy atom. The lowest BCUT2D eigenvalue weighted by Gasteiger charge is -2.40.